The minimum absolute atomic E-state index is 0. The number of hydrogen-bond acceptors (Lipinski definition) is 2. The Bertz CT molecular complexity index is 269. The summed E-state index contributed by atoms with van der Waals surface area (Å²) in [4.78, 5) is 0. The first-order valence-corrected chi connectivity index (χ1v) is 3.47. The van der Waals surface area contributed by atoms with Crippen LogP contribution in [0.1, 0.15) is 56.2 Å². The molecular formula is C16H84Mo16O22V4. The van der Waals surface area contributed by atoms with Crippen LogP contribution in [0.4, 0.5) is 0 Å². The predicted molar refractivity (Wildman–Crippen MR) is 173 cm³/mol. The van der Waals surface area contributed by atoms with E-state index in [0.717, 1.165) is 0 Å². The van der Waals surface area contributed by atoms with Gasteiger partial charge in [0.15, 0.2) is 0 Å². The predicted octanol–water partition coefficient (Wildman–Crippen LogP) is -9.57. The van der Waals surface area contributed by atoms with Crippen molar-refractivity contribution in [3.05, 3.63) is 31.5 Å². The van der Waals surface area contributed by atoms with E-state index in [2.05, 4.69) is 50.2 Å². The van der Waals surface area contributed by atoms with Gasteiger partial charge in [0.25, 0.3) is 0 Å². The molecule has 22 nitrogen and oxygen atoms in total. The third kappa shape index (κ3) is 2460. The molecule has 0 unspecified atom stereocenters. The van der Waals surface area contributed by atoms with E-state index in [-0.39, 0.29) is 556 Å². The van der Waals surface area contributed by atoms with E-state index < -0.39 is 0 Å². The molecule has 0 aromatic carbocycles. The third-order valence-electron chi connectivity index (χ3n) is 0. The Morgan fingerprint density at radius 3 is 0.345 bits per heavy atom. The Labute approximate surface area is 632 Å². The Kier molecular flexibility index (Phi) is 19100. The fourth-order valence-corrected chi connectivity index (χ4v) is 0. The summed E-state index contributed by atoms with van der Waals surface area (Å²) in [6.07, 6.45) is 10.9. The molecule has 0 aliphatic rings. The summed E-state index contributed by atoms with van der Waals surface area (Å²) >= 11 is 0. The summed E-state index contributed by atoms with van der Waals surface area (Å²) in [5.74, 6) is 4.50. The van der Waals surface area contributed by atoms with Gasteiger partial charge in [-0.3, -0.25) is 10.5 Å². The van der Waals surface area contributed by atoms with Crippen molar-refractivity contribution in [1.29, 1.82) is 0 Å². The molecule has 0 heterocycles. The second-order valence-corrected chi connectivity index (χ2v) is 1.24. The Morgan fingerprint density at radius 2 is 0.345 bits per heavy atom. The average Bonchev–Trinajstić information content (AvgIpc) is 2.12. The Morgan fingerprint density at radius 1 is 0.345 bits per heavy atom. The molecular weight excluding hydrogens is 2280 g/mol. The molecule has 4 radical (unpaired) electrons. The van der Waals surface area contributed by atoms with E-state index in [1.807, 2.05) is 6.92 Å². The zero-order valence-corrected chi connectivity index (χ0v) is 65.3. The Balaban J connectivity index is -0.000000000269. The zero-order valence-electron chi connectivity index (χ0n) is 27.6. The van der Waals surface area contributed by atoms with Crippen molar-refractivity contribution in [2.24, 2.45) is 0 Å². The molecule has 0 aromatic heterocycles. The van der Waals surface area contributed by atoms with Crippen LogP contribution in [0.5, 0.6) is 0 Å². The van der Waals surface area contributed by atoms with Gasteiger partial charge in [-0.1, -0.05) is 48.9 Å². The van der Waals surface area contributed by atoms with Gasteiger partial charge < -0.3 is 110 Å². The summed E-state index contributed by atoms with van der Waals surface area (Å²) in [6.45, 7) is 14.8. The third-order valence-corrected chi connectivity index (χ3v) is 0. The van der Waals surface area contributed by atoms with Crippen molar-refractivity contribution >= 4 is 0 Å². The first-order valence-electron chi connectivity index (χ1n) is 3.47. The van der Waals surface area contributed by atoms with E-state index in [9.17, 15) is 0 Å². The molecule has 0 saturated carbocycles. The summed E-state index contributed by atoms with van der Waals surface area (Å²) in [6, 6.07) is 0. The monoisotopic (exact) mass is 2400 g/mol. The Hall–Kier alpha value is 10.9. The SMILES string of the molecule is C.C.C.C.C#CC.C#CC.C=C=C.C=CC.O.O.O.O.O.O.O.O.O.O.O.O.O.O.O.O.O.O.O.O.OO.[HH].[HH].[HH].[HH].[Mo].[Mo].[Mo].[Mo].[Mo].[Mo].[Mo].[Mo].[Mo].[Mo].[Mo].[Mo].[Mo].[Mo].[Mo].[Mo].[V].[V].[V].[V]. The fourth-order valence-electron chi connectivity index (χ4n) is 0. The van der Waals surface area contributed by atoms with Crippen molar-refractivity contribution < 1.29 is 537 Å². The normalized spacial score (nSPS) is 0.741. The smallest absolute Gasteiger partial charge is 0 e. The molecule has 0 spiro atoms. The van der Waals surface area contributed by atoms with Gasteiger partial charge in [0.2, 0.25) is 0 Å². The largest absolute Gasteiger partial charge is 0.412 e. The zero-order chi connectivity index (χ0) is 12.8. The molecule has 42 heteroatoms. The molecule has 396 valence electrons. The van der Waals surface area contributed by atoms with E-state index in [0.29, 0.717) is 0 Å². The molecule has 0 bridgehead atoms. The first-order chi connectivity index (χ1) is 6.66. The molecule has 0 amide bonds. The maximum Gasteiger partial charge on any atom is 0 e. The maximum absolute atomic E-state index is 6.00. The molecule has 0 aromatic rings. The molecule has 42 N–H and O–H groups in total. The van der Waals surface area contributed by atoms with Crippen molar-refractivity contribution in [1.82, 2.24) is 0 Å². The number of terminal acetylenes is 2. The van der Waals surface area contributed by atoms with Crippen LogP contribution < -0.4 is 0 Å². The van der Waals surface area contributed by atoms with Crippen LogP contribution in [-0.4, -0.2) is 120 Å². The van der Waals surface area contributed by atoms with Crippen LogP contribution in [0.25, 0.3) is 0 Å². The summed E-state index contributed by atoms with van der Waals surface area (Å²) < 4.78 is 0. The standard InChI is InChI=1S/C3H6.3C3H4.4CH4.16Mo.H2O2.20H2O.4V.4H2/c4*1-3-2;;;;;;;;;;;;;;;;;;;;;1-2;;;;;;;;;;;;;;;;;;;;;;;;;;;;/h3H,1H2,2H3;1-2H2;2*1H,2H3;4*1H4;;;;;;;;;;;;;;;;;1-2H;20*1H2;;;;;4*1H. The van der Waals surface area contributed by atoms with Gasteiger partial charge in [-0.05, 0) is 20.8 Å². The van der Waals surface area contributed by atoms with Crippen LogP contribution in [-0.2, 0) is 411 Å². The van der Waals surface area contributed by atoms with Crippen LogP contribution in [0, 0.1) is 24.7 Å². The van der Waals surface area contributed by atoms with Gasteiger partial charge in [-0.25, -0.2) is 0 Å². The van der Waals surface area contributed by atoms with E-state index in [4.69, 9.17) is 10.5 Å². The van der Waals surface area contributed by atoms with Crippen LogP contribution in [0.15, 0.2) is 31.5 Å². The summed E-state index contributed by atoms with van der Waals surface area (Å²) in [5.41, 5.74) is 2.25. The van der Waals surface area contributed by atoms with Gasteiger partial charge in [0, 0.05) is 417 Å². The number of allylic oxidation sites excluding steroid dienone is 1. The molecule has 0 rings (SSSR count). The summed E-state index contributed by atoms with van der Waals surface area (Å²) in [5, 5.41) is 12.0. The fraction of sp³-hybridized carbons (Fsp3) is 0.438. The van der Waals surface area contributed by atoms with E-state index >= 15 is 0 Å². The average molecular weight is 2370 g/mol. The quantitative estimate of drug-likeness (QED) is 0.0596. The topological polar surface area (TPSA) is 670 Å². The minimum atomic E-state index is 0. The van der Waals surface area contributed by atoms with E-state index in [1.54, 1.807) is 19.9 Å². The number of rotatable bonds is 0. The number of hydrogen-bond donors (Lipinski definition) is 2. The van der Waals surface area contributed by atoms with Crippen molar-refractivity contribution in [3.63, 3.8) is 0 Å². The molecule has 0 atom stereocenters. The molecule has 0 saturated heterocycles. The maximum atomic E-state index is 6.00. The minimum Gasteiger partial charge on any atom is -0.412 e. The van der Waals surface area contributed by atoms with Gasteiger partial charge in [-0.15, -0.1) is 37.0 Å². The molecule has 0 aliphatic heterocycles. The van der Waals surface area contributed by atoms with Crippen molar-refractivity contribution in [2.45, 2.75) is 50.5 Å². The van der Waals surface area contributed by atoms with E-state index in [1.165, 1.54) is 0 Å². The van der Waals surface area contributed by atoms with Crippen LogP contribution in [0.2, 0.25) is 0 Å². The molecule has 0 fully saturated rings. The van der Waals surface area contributed by atoms with Crippen molar-refractivity contribution in [2.75, 3.05) is 0 Å². The van der Waals surface area contributed by atoms with Gasteiger partial charge in [-0.2, -0.15) is 0 Å². The second kappa shape index (κ2) is 1370. The van der Waals surface area contributed by atoms with Gasteiger partial charge in [0.05, 0.1) is 0 Å². The van der Waals surface area contributed by atoms with Gasteiger partial charge in [0.1, 0.15) is 0 Å². The van der Waals surface area contributed by atoms with Crippen molar-refractivity contribution in [3.8, 4) is 24.7 Å². The van der Waals surface area contributed by atoms with Gasteiger partial charge >= 0.3 is 0 Å². The summed E-state index contributed by atoms with van der Waals surface area (Å²) in [7, 11) is 0. The van der Waals surface area contributed by atoms with Crippen LogP contribution in [0.3, 0.4) is 0 Å². The first kappa shape index (κ1) is 804. The molecule has 58 heavy (non-hydrogen) atoms. The molecule has 0 aliphatic carbocycles. The van der Waals surface area contributed by atoms with Crippen LogP contribution >= 0.6 is 0 Å². The second-order valence-electron chi connectivity index (χ2n) is 1.24.